The van der Waals surface area contributed by atoms with Gasteiger partial charge in [0.15, 0.2) is 0 Å². The number of hydrogen-bond acceptors (Lipinski definition) is 5. The highest BCUT2D eigenvalue weighted by Crippen LogP contribution is 2.21. The lowest BCUT2D eigenvalue weighted by Crippen LogP contribution is -2.33. The highest BCUT2D eigenvalue weighted by molar-refractivity contribution is 8.76. The van der Waals surface area contributed by atoms with Gasteiger partial charge in [-0.3, -0.25) is 14.4 Å². The Hall–Kier alpha value is -1.67. The number of carbonyl (C=O) groups is 3. The molecular formula is C19H28N2O4S2. The zero-order valence-electron chi connectivity index (χ0n) is 15.9. The molecule has 0 aliphatic heterocycles. The third-order valence-corrected chi connectivity index (χ3v) is 6.01. The van der Waals surface area contributed by atoms with Crippen LogP contribution < -0.4 is 5.32 Å². The van der Waals surface area contributed by atoms with Crippen molar-refractivity contribution >= 4 is 39.4 Å². The Morgan fingerprint density at radius 1 is 1.04 bits per heavy atom. The summed E-state index contributed by atoms with van der Waals surface area (Å²) in [6, 6.07) is 6.82. The van der Waals surface area contributed by atoms with E-state index >= 15 is 0 Å². The molecule has 150 valence electrons. The molecule has 0 saturated carbocycles. The SMILES string of the molecule is CCCN(CCC)C(=O)c1cccc(C(=O)NCCSSCCC(=O)O)c1. The Balaban J connectivity index is 2.51. The van der Waals surface area contributed by atoms with E-state index in [1.165, 1.54) is 21.6 Å². The van der Waals surface area contributed by atoms with Crippen molar-refractivity contribution in [2.75, 3.05) is 31.1 Å². The Bertz CT molecular complexity index is 619. The Morgan fingerprint density at radius 3 is 2.30 bits per heavy atom. The lowest BCUT2D eigenvalue weighted by Gasteiger charge is -2.21. The molecule has 0 heterocycles. The summed E-state index contributed by atoms with van der Waals surface area (Å²) in [5.74, 6) is 0.179. The fourth-order valence-corrected chi connectivity index (χ4v) is 4.27. The van der Waals surface area contributed by atoms with E-state index in [0.29, 0.717) is 42.3 Å². The van der Waals surface area contributed by atoms with Crippen molar-refractivity contribution < 1.29 is 19.5 Å². The highest BCUT2D eigenvalue weighted by Gasteiger charge is 2.16. The van der Waals surface area contributed by atoms with Gasteiger partial charge in [0, 0.05) is 42.3 Å². The second kappa shape index (κ2) is 13.5. The first-order valence-electron chi connectivity index (χ1n) is 9.13. The van der Waals surface area contributed by atoms with Gasteiger partial charge in [-0.2, -0.15) is 0 Å². The van der Waals surface area contributed by atoms with Crippen LogP contribution in [0.15, 0.2) is 24.3 Å². The topological polar surface area (TPSA) is 86.7 Å². The van der Waals surface area contributed by atoms with Crippen molar-refractivity contribution in [1.29, 1.82) is 0 Å². The van der Waals surface area contributed by atoms with Crippen LogP contribution in [0.25, 0.3) is 0 Å². The van der Waals surface area contributed by atoms with E-state index in [-0.39, 0.29) is 18.2 Å². The number of hydrogen-bond donors (Lipinski definition) is 2. The average molecular weight is 413 g/mol. The van der Waals surface area contributed by atoms with Crippen molar-refractivity contribution in [3.63, 3.8) is 0 Å². The first kappa shape index (κ1) is 23.4. The van der Waals surface area contributed by atoms with E-state index in [2.05, 4.69) is 5.32 Å². The number of carbonyl (C=O) groups excluding carboxylic acids is 2. The van der Waals surface area contributed by atoms with Gasteiger partial charge in [-0.05, 0) is 31.0 Å². The second-order valence-corrected chi connectivity index (χ2v) is 8.62. The van der Waals surface area contributed by atoms with Gasteiger partial charge in [-0.15, -0.1) is 0 Å². The lowest BCUT2D eigenvalue weighted by molar-refractivity contribution is -0.136. The van der Waals surface area contributed by atoms with E-state index in [9.17, 15) is 14.4 Å². The molecule has 0 radical (unpaired) electrons. The first-order chi connectivity index (χ1) is 13.0. The zero-order valence-corrected chi connectivity index (χ0v) is 17.5. The van der Waals surface area contributed by atoms with Gasteiger partial charge in [-0.1, -0.05) is 41.5 Å². The standard InChI is InChI=1S/C19H28N2O4S2/c1-3-10-21(11-4-2)19(25)16-7-5-6-15(14-16)18(24)20-9-13-27-26-12-8-17(22)23/h5-7,14H,3-4,8-13H2,1-2H3,(H,20,24)(H,22,23). The number of nitrogens with one attached hydrogen (secondary N) is 1. The first-order valence-corrected chi connectivity index (χ1v) is 11.6. The quantitative estimate of drug-likeness (QED) is 0.381. The fraction of sp³-hybridized carbons (Fsp3) is 0.526. The van der Waals surface area contributed by atoms with Crippen LogP contribution in [0.3, 0.4) is 0 Å². The number of benzene rings is 1. The molecule has 0 fully saturated rings. The van der Waals surface area contributed by atoms with Gasteiger partial charge in [-0.25, -0.2) is 0 Å². The molecule has 1 aromatic rings. The van der Waals surface area contributed by atoms with Crippen LogP contribution in [-0.2, 0) is 4.79 Å². The van der Waals surface area contributed by atoms with Crippen molar-refractivity contribution in [2.24, 2.45) is 0 Å². The monoisotopic (exact) mass is 412 g/mol. The molecular weight excluding hydrogens is 384 g/mol. The second-order valence-electron chi connectivity index (χ2n) is 5.92. The van der Waals surface area contributed by atoms with E-state index in [1.807, 2.05) is 18.7 Å². The molecule has 0 atom stereocenters. The Kier molecular flexibility index (Phi) is 11.7. The molecule has 1 rings (SSSR count). The predicted octanol–water partition coefficient (Wildman–Crippen LogP) is 3.53. The summed E-state index contributed by atoms with van der Waals surface area (Å²) in [6.45, 7) is 5.98. The maximum Gasteiger partial charge on any atom is 0.304 e. The maximum absolute atomic E-state index is 12.7. The molecule has 27 heavy (non-hydrogen) atoms. The van der Waals surface area contributed by atoms with Gasteiger partial charge in [0.2, 0.25) is 0 Å². The van der Waals surface area contributed by atoms with E-state index in [1.54, 1.807) is 24.3 Å². The van der Waals surface area contributed by atoms with Gasteiger partial charge in [0.1, 0.15) is 0 Å². The Morgan fingerprint density at radius 2 is 1.67 bits per heavy atom. The molecule has 0 spiro atoms. The van der Waals surface area contributed by atoms with Gasteiger partial charge < -0.3 is 15.3 Å². The summed E-state index contributed by atoms with van der Waals surface area (Å²) < 4.78 is 0. The van der Waals surface area contributed by atoms with E-state index in [0.717, 1.165) is 12.8 Å². The maximum atomic E-state index is 12.7. The summed E-state index contributed by atoms with van der Waals surface area (Å²) in [7, 11) is 3.02. The number of carboxylic acids is 1. The molecule has 0 unspecified atom stereocenters. The third-order valence-electron chi connectivity index (χ3n) is 3.60. The third kappa shape index (κ3) is 9.19. The number of rotatable bonds is 13. The minimum Gasteiger partial charge on any atom is -0.481 e. The van der Waals surface area contributed by atoms with E-state index in [4.69, 9.17) is 5.11 Å². The van der Waals surface area contributed by atoms with Gasteiger partial charge in [0.25, 0.3) is 11.8 Å². The summed E-state index contributed by atoms with van der Waals surface area (Å²) in [5, 5.41) is 11.4. The number of aliphatic carboxylic acids is 1. The van der Waals surface area contributed by atoms with Crippen molar-refractivity contribution in [3.05, 3.63) is 35.4 Å². The van der Waals surface area contributed by atoms with Crippen LogP contribution in [0.5, 0.6) is 0 Å². The summed E-state index contributed by atoms with van der Waals surface area (Å²) in [5.41, 5.74) is 1.00. The van der Waals surface area contributed by atoms with Gasteiger partial charge >= 0.3 is 5.97 Å². The highest BCUT2D eigenvalue weighted by atomic mass is 33.1. The number of nitrogens with zero attached hydrogens (tertiary/aromatic N) is 1. The molecule has 0 aliphatic rings. The van der Waals surface area contributed by atoms with Crippen LogP contribution in [0.1, 0.15) is 53.8 Å². The molecule has 8 heteroatoms. The smallest absolute Gasteiger partial charge is 0.304 e. The largest absolute Gasteiger partial charge is 0.481 e. The molecule has 0 saturated heterocycles. The average Bonchev–Trinajstić information content (AvgIpc) is 2.66. The van der Waals surface area contributed by atoms with Gasteiger partial charge in [0.05, 0.1) is 6.42 Å². The molecule has 2 N–H and O–H groups in total. The number of carboxylic acid groups (broad SMARTS) is 1. The molecule has 2 amide bonds. The molecule has 0 aromatic heterocycles. The fourth-order valence-electron chi connectivity index (χ4n) is 2.39. The van der Waals surface area contributed by atoms with Crippen molar-refractivity contribution in [1.82, 2.24) is 10.2 Å². The molecule has 1 aromatic carbocycles. The van der Waals surface area contributed by atoms with Crippen LogP contribution in [0, 0.1) is 0 Å². The predicted molar refractivity (Wildman–Crippen MR) is 112 cm³/mol. The normalized spacial score (nSPS) is 10.4. The number of amides is 2. The zero-order chi connectivity index (χ0) is 20.1. The minimum atomic E-state index is -0.803. The minimum absolute atomic E-state index is 0.0428. The van der Waals surface area contributed by atoms with Crippen LogP contribution in [-0.4, -0.2) is 58.9 Å². The summed E-state index contributed by atoms with van der Waals surface area (Å²) in [4.78, 5) is 37.2. The van der Waals surface area contributed by atoms with Crippen LogP contribution in [0.4, 0.5) is 0 Å². The van der Waals surface area contributed by atoms with Crippen molar-refractivity contribution in [3.8, 4) is 0 Å². The summed E-state index contributed by atoms with van der Waals surface area (Å²) >= 11 is 0. The molecule has 6 nitrogen and oxygen atoms in total. The Labute approximate surface area is 168 Å². The summed E-state index contributed by atoms with van der Waals surface area (Å²) in [6.07, 6.45) is 1.93. The van der Waals surface area contributed by atoms with Crippen LogP contribution in [0.2, 0.25) is 0 Å². The van der Waals surface area contributed by atoms with Crippen molar-refractivity contribution in [2.45, 2.75) is 33.1 Å². The van der Waals surface area contributed by atoms with E-state index < -0.39 is 5.97 Å². The lowest BCUT2D eigenvalue weighted by atomic mass is 10.1. The molecule has 0 bridgehead atoms. The van der Waals surface area contributed by atoms with Crippen LogP contribution >= 0.6 is 21.6 Å². The molecule has 0 aliphatic carbocycles.